The number of piperazine rings is 1. The summed E-state index contributed by atoms with van der Waals surface area (Å²) in [5.41, 5.74) is 0.847. The van der Waals surface area contributed by atoms with Gasteiger partial charge in [0.25, 0.3) is 0 Å². The van der Waals surface area contributed by atoms with Crippen molar-refractivity contribution in [2.45, 2.75) is 6.54 Å². The summed E-state index contributed by atoms with van der Waals surface area (Å²) >= 11 is 0. The first-order valence-electron chi connectivity index (χ1n) is 8.20. The topological polar surface area (TPSA) is 63.9 Å². The van der Waals surface area contributed by atoms with Gasteiger partial charge < -0.3 is 14.0 Å². The number of ether oxygens (including phenoxy) is 2. The second kappa shape index (κ2) is 8.23. The highest BCUT2D eigenvalue weighted by Crippen LogP contribution is 2.27. The van der Waals surface area contributed by atoms with Gasteiger partial charge in [0.15, 0.2) is 0 Å². The van der Waals surface area contributed by atoms with Gasteiger partial charge in [-0.15, -0.1) is 0 Å². The SMILES string of the molecule is COCCN1CCN(Cc2nc(-c3ccccc3OC)no2)CC1. The third-order valence-electron chi connectivity index (χ3n) is 4.25. The standard InChI is InChI=1S/C17H24N4O3/c1-22-12-11-20-7-9-21(10-8-20)13-16-18-17(19-24-16)14-5-3-4-6-15(14)23-2/h3-6H,7-13H2,1-2H3. The molecule has 130 valence electrons. The van der Waals surface area contributed by atoms with Crippen LogP contribution in [0.4, 0.5) is 0 Å². The summed E-state index contributed by atoms with van der Waals surface area (Å²) < 4.78 is 15.9. The molecule has 1 aromatic carbocycles. The molecule has 7 nitrogen and oxygen atoms in total. The first-order chi connectivity index (χ1) is 11.8. The van der Waals surface area contributed by atoms with Gasteiger partial charge in [-0.2, -0.15) is 4.98 Å². The van der Waals surface area contributed by atoms with Crippen LogP contribution >= 0.6 is 0 Å². The minimum atomic E-state index is 0.571. The minimum Gasteiger partial charge on any atom is -0.496 e. The molecule has 1 fully saturated rings. The molecule has 1 aromatic heterocycles. The lowest BCUT2D eigenvalue weighted by atomic mass is 10.2. The predicted octanol–water partition coefficient (Wildman–Crippen LogP) is 1.51. The molecule has 1 aliphatic rings. The van der Waals surface area contributed by atoms with E-state index in [0.29, 0.717) is 18.3 Å². The molecule has 2 heterocycles. The van der Waals surface area contributed by atoms with Crippen LogP contribution in [-0.4, -0.2) is 73.5 Å². The fourth-order valence-corrected chi connectivity index (χ4v) is 2.84. The zero-order valence-electron chi connectivity index (χ0n) is 14.3. The first kappa shape index (κ1) is 16.9. The van der Waals surface area contributed by atoms with E-state index >= 15 is 0 Å². The Bertz CT molecular complexity index is 638. The van der Waals surface area contributed by atoms with Gasteiger partial charge in [0, 0.05) is 39.8 Å². The van der Waals surface area contributed by atoms with E-state index in [9.17, 15) is 0 Å². The molecule has 7 heteroatoms. The molecular weight excluding hydrogens is 308 g/mol. The van der Waals surface area contributed by atoms with Crippen molar-refractivity contribution in [2.24, 2.45) is 0 Å². The van der Waals surface area contributed by atoms with Crippen molar-refractivity contribution in [3.05, 3.63) is 30.2 Å². The fourth-order valence-electron chi connectivity index (χ4n) is 2.84. The Kier molecular flexibility index (Phi) is 5.79. The predicted molar refractivity (Wildman–Crippen MR) is 89.9 cm³/mol. The molecule has 0 amide bonds. The van der Waals surface area contributed by atoms with Crippen molar-refractivity contribution < 1.29 is 14.0 Å². The van der Waals surface area contributed by atoms with E-state index in [1.165, 1.54) is 0 Å². The van der Waals surface area contributed by atoms with Crippen LogP contribution in [0.3, 0.4) is 0 Å². The van der Waals surface area contributed by atoms with E-state index < -0.39 is 0 Å². The number of para-hydroxylation sites is 1. The molecule has 0 N–H and O–H groups in total. The Morgan fingerprint density at radius 2 is 1.83 bits per heavy atom. The van der Waals surface area contributed by atoms with Crippen molar-refractivity contribution in [3.63, 3.8) is 0 Å². The molecule has 0 atom stereocenters. The van der Waals surface area contributed by atoms with E-state index in [0.717, 1.165) is 50.6 Å². The van der Waals surface area contributed by atoms with Crippen LogP contribution in [0.5, 0.6) is 5.75 Å². The Morgan fingerprint density at radius 1 is 1.08 bits per heavy atom. The van der Waals surface area contributed by atoms with E-state index in [-0.39, 0.29) is 0 Å². The van der Waals surface area contributed by atoms with Crippen LogP contribution in [-0.2, 0) is 11.3 Å². The smallest absolute Gasteiger partial charge is 0.241 e. The molecule has 0 radical (unpaired) electrons. The van der Waals surface area contributed by atoms with Gasteiger partial charge in [0.2, 0.25) is 11.7 Å². The molecule has 3 rings (SSSR count). The number of aromatic nitrogens is 2. The quantitative estimate of drug-likeness (QED) is 0.761. The van der Waals surface area contributed by atoms with E-state index in [1.807, 2.05) is 24.3 Å². The highest BCUT2D eigenvalue weighted by atomic mass is 16.5. The van der Waals surface area contributed by atoms with Crippen LogP contribution in [0.2, 0.25) is 0 Å². The molecule has 0 aliphatic carbocycles. The van der Waals surface area contributed by atoms with Gasteiger partial charge in [-0.1, -0.05) is 17.3 Å². The molecule has 1 aliphatic heterocycles. The Hall–Kier alpha value is -1.96. The largest absolute Gasteiger partial charge is 0.496 e. The summed E-state index contributed by atoms with van der Waals surface area (Å²) in [6.07, 6.45) is 0. The van der Waals surface area contributed by atoms with Crippen molar-refractivity contribution in [2.75, 3.05) is 53.6 Å². The second-order valence-electron chi connectivity index (χ2n) is 5.82. The lowest BCUT2D eigenvalue weighted by molar-refractivity contribution is 0.0883. The monoisotopic (exact) mass is 332 g/mol. The number of benzene rings is 1. The number of hydrogen-bond donors (Lipinski definition) is 0. The Morgan fingerprint density at radius 3 is 2.58 bits per heavy atom. The molecule has 24 heavy (non-hydrogen) atoms. The number of rotatable bonds is 7. The summed E-state index contributed by atoms with van der Waals surface area (Å²) in [6, 6.07) is 7.69. The van der Waals surface area contributed by atoms with Crippen molar-refractivity contribution in [3.8, 4) is 17.1 Å². The third-order valence-corrected chi connectivity index (χ3v) is 4.25. The van der Waals surface area contributed by atoms with Crippen LogP contribution in [0.15, 0.2) is 28.8 Å². The third kappa shape index (κ3) is 4.11. The maximum Gasteiger partial charge on any atom is 0.241 e. The van der Waals surface area contributed by atoms with Gasteiger partial charge in [-0.05, 0) is 12.1 Å². The lowest BCUT2D eigenvalue weighted by Gasteiger charge is -2.33. The molecular formula is C17H24N4O3. The maximum atomic E-state index is 5.42. The Balaban J connectivity index is 1.57. The molecule has 2 aromatic rings. The zero-order chi connectivity index (χ0) is 16.8. The van der Waals surface area contributed by atoms with E-state index in [4.69, 9.17) is 14.0 Å². The number of hydrogen-bond acceptors (Lipinski definition) is 7. The van der Waals surface area contributed by atoms with E-state index in [2.05, 4.69) is 19.9 Å². The van der Waals surface area contributed by atoms with Gasteiger partial charge in [0.05, 0.1) is 25.8 Å². The van der Waals surface area contributed by atoms with Crippen molar-refractivity contribution in [1.82, 2.24) is 19.9 Å². The summed E-state index contributed by atoms with van der Waals surface area (Å²) in [5, 5.41) is 4.10. The van der Waals surface area contributed by atoms with Crippen molar-refractivity contribution in [1.29, 1.82) is 0 Å². The normalized spacial score (nSPS) is 16.4. The molecule has 0 saturated carbocycles. The van der Waals surface area contributed by atoms with Gasteiger partial charge >= 0.3 is 0 Å². The van der Waals surface area contributed by atoms with Crippen LogP contribution in [0.1, 0.15) is 5.89 Å². The lowest BCUT2D eigenvalue weighted by Crippen LogP contribution is -2.46. The Labute approximate surface area is 142 Å². The summed E-state index contributed by atoms with van der Waals surface area (Å²) in [4.78, 5) is 9.27. The second-order valence-corrected chi connectivity index (χ2v) is 5.82. The first-order valence-corrected chi connectivity index (χ1v) is 8.20. The molecule has 1 saturated heterocycles. The van der Waals surface area contributed by atoms with Gasteiger partial charge in [-0.3, -0.25) is 9.80 Å². The summed E-state index contributed by atoms with van der Waals surface area (Å²) in [6.45, 7) is 6.52. The molecule has 0 spiro atoms. The van der Waals surface area contributed by atoms with Gasteiger partial charge in [-0.25, -0.2) is 0 Å². The molecule has 0 bridgehead atoms. The maximum absolute atomic E-state index is 5.42. The summed E-state index contributed by atoms with van der Waals surface area (Å²) in [7, 11) is 3.38. The van der Waals surface area contributed by atoms with E-state index in [1.54, 1.807) is 14.2 Å². The van der Waals surface area contributed by atoms with Crippen LogP contribution < -0.4 is 4.74 Å². The average molecular weight is 332 g/mol. The van der Waals surface area contributed by atoms with Crippen LogP contribution in [0.25, 0.3) is 11.4 Å². The number of nitrogens with zero attached hydrogens (tertiary/aromatic N) is 4. The average Bonchev–Trinajstić information content (AvgIpc) is 3.09. The van der Waals surface area contributed by atoms with Crippen LogP contribution in [0, 0.1) is 0 Å². The minimum absolute atomic E-state index is 0.571. The van der Waals surface area contributed by atoms with Gasteiger partial charge in [0.1, 0.15) is 5.75 Å². The highest BCUT2D eigenvalue weighted by molar-refractivity contribution is 5.63. The van der Waals surface area contributed by atoms with Crippen molar-refractivity contribution >= 4 is 0 Å². The molecule has 0 unspecified atom stereocenters. The number of methoxy groups -OCH3 is 2. The summed E-state index contributed by atoms with van der Waals surface area (Å²) in [5.74, 6) is 1.96. The fraction of sp³-hybridized carbons (Fsp3) is 0.529. The highest BCUT2D eigenvalue weighted by Gasteiger charge is 2.19. The zero-order valence-corrected chi connectivity index (χ0v) is 14.3.